The van der Waals surface area contributed by atoms with Gasteiger partial charge in [-0.2, -0.15) is 0 Å². The molecule has 122 valence electrons. The van der Waals surface area contributed by atoms with Crippen LogP contribution in [-0.2, 0) is 30.0 Å². The van der Waals surface area contributed by atoms with Crippen molar-refractivity contribution in [2.45, 2.75) is 31.0 Å². The summed E-state index contributed by atoms with van der Waals surface area (Å²) >= 11 is 1.33. The van der Waals surface area contributed by atoms with Crippen LogP contribution in [0.3, 0.4) is 0 Å². The molecule has 4 nitrogen and oxygen atoms in total. The maximum Gasteiger partial charge on any atom is 0.250 e. The van der Waals surface area contributed by atoms with Gasteiger partial charge in [-0.3, -0.25) is 0 Å². The number of nitrogens with one attached hydrogen (secondary N) is 1. The highest BCUT2D eigenvalue weighted by atomic mass is 32.2. The molecule has 1 aromatic carbocycles. The first kappa shape index (κ1) is 16.2. The van der Waals surface area contributed by atoms with Crippen LogP contribution in [0.25, 0.3) is 10.9 Å². The van der Waals surface area contributed by atoms with E-state index in [2.05, 4.69) is 22.3 Å². The number of nitrogens with zero attached hydrogens (tertiary/aromatic N) is 1. The molecule has 0 atom stereocenters. The molecular weight excluding hydrogens is 328 g/mol. The topological polar surface area (TPSA) is 51.1 Å². The number of hydrogen-bond acceptors (Lipinski definition) is 3. The van der Waals surface area contributed by atoms with Gasteiger partial charge in [0.25, 0.3) is 0 Å². The van der Waals surface area contributed by atoms with Gasteiger partial charge in [0, 0.05) is 35.1 Å². The van der Waals surface area contributed by atoms with Gasteiger partial charge in [-0.15, -0.1) is 11.3 Å². The predicted molar refractivity (Wildman–Crippen MR) is 95.4 cm³/mol. The Kier molecular flexibility index (Phi) is 4.31. The Bertz CT molecular complexity index is 952. The number of aromatic nitrogens is 1. The summed E-state index contributed by atoms with van der Waals surface area (Å²) in [5, 5.41) is 1.13. The van der Waals surface area contributed by atoms with Crippen LogP contribution in [0.4, 0.5) is 0 Å². The Balaban J connectivity index is 1.79. The fraction of sp³-hybridized carbons (Fsp3) is 0.294. The lowest BCUT2D eigenvalue weighted by atomic mass is 10.1. The number of thiophene rings is 1. The molecule has 2 heterocycles. The van der Waals surface area contributed by atoms with E-state index in [0.717, 1.165) is 27.8 Å². The van der Waals surface area contributed by atoms with Gasteiger partial charge in [0.05, 0.1) is 0 Å². The summed E-state index contributed by atoms with van der Waals surface area (Å²) in [6, 6.07) is 11.7. The number of hydrogen-bond donors (Lipinski definition) is 1. The molecule has 0 unspecified atom stereocenters. The maximum atomic E-state index is 12.4. The van der Waals surface area contributed by atoms with Crippen molar-refractivity contribution < 1.29 is 8.42 Å². The number of fused-ring (bicyclic) bond motifs is 1. The van der Waals surface area contributed by atoms with Crippen molar-refractivity contribution in [3.8, 4) is 0 Å². The first-order valence-electron chi connectivity index (χ1n) is 7.54. The van der Waals surface area contributed by atoms with E-state index in [4.69, 9.17) is 0 Å². The van der Waals surface area contributed by atoms with Gasteiger partial charge in [0.2, 0.25) is 10.0 Å². The van der Waals surface area contributed by atoms with Crippen molar-refractivity contribution in [1.82, 2.24) is 9.29 Å². The molecule has 0 bridgehead atoms. The van der Waals surface area contributed by atoms with Crippen LogP contribution in [0.15, 0.2) is 40.6 Å². The number of rotatable bonds is 5. The van der Waals surface area contributed by atoms with Crippen LogP contribution in [0.2, 0.25) is 0 Å². The molecular formula is C17H20N2O2S2. The lowest BCUT2D eigenvalue weighted by Crippen LogP contribution is -2.22. The van der Waals surface area contributed by atoms with Gasteiger partial charge in [-0.25, -0.2) is 13.1 Å². The highest BCUT2D eigenvalue weighted by Gasteiger charge is 2.16. The number of benzene rings is 1. The quantitative estimate of drug-likeness (QED) is 0.766. The SMILES string of the molecule is CCc1ccc(S(=O)(=O)NCc2ccc3c(c2)cc(C)n3C)s1. The molecule has 0 aliphatic heterocycles. The summed E-state index contributed by atoms with van der Waals surface area (Å²) < 4.78 is 29.9. The monoisotopic (exact) mass is 348 g/mol. The largest absolute Gasteiger partial charge is 0.348 e. The van der Waals surface area contributed by atoms with E-state index in [0.29, 0.717) is 10.8 Å². The summed E-state index contributed by atoms with van der Waals surface area (Å²) in [5.74, 6) is 0. The van der Waals surface area contributed by atoms with Crippen LogP contribution in [0, 0.1) is 6.92 Å². The van der Waals surface area contributed by atoms with Crippen LogP contribution >= 0.6 is 11.3 Å². The second kappa shape index (κ2) is 6.11. The average molecular weight is 348 g/mol. The fourth-order valence-corrected chi connectivity index (χ4v) is 4.95. The summed E-state index contributed by atoms with van der Waals surface area (Å²) in [5.41, 5.74) is 3.29. The zero-order valence-corrected chi connectivity index (χ0v) is 15.1. The summed E-state index contributed by atoms with van der Waals surface area (Å²) in [6.45, 7) is 4.38. The Morgan fingerprint density at radius 2 is 1.96 bits per heavy atom. The normalized spacial score (nSPS) is 12.1. The summed E-state index contributed by atoms with van der Waals surface area (Å²) in [4.78, 5) is 1.08. The molecule has 2 aromatic heterocycles. The van der Waals surface area contributed by atoms with Crippen LogP contribution in [0.5, 0.6) is 0 Å². The molecule has 0 fully saturated rings. The fourth-order valence-electron chi connectivity index (χ4n) is 2.59. The summed E-state index contributed by atoms with van der Waals surface area (Å²) in [6.07, 6.45) is 0.851. The van der Waals surface area contributed by atoms with E-state index in [1.807, 2.05) is 38.2 Å². The zero-order chi connectivity index (χ0) is 16.6. The van der Waals surface area contributed by atoms with E-state index in [1.54, 1.807) is 6.07 Å². The molecule has 0 amide bonds. The highest BCUT2D eigenvalue weighted by molar-refractivity contribution is 7.91. The van der Waals surface area contributed by atoms with E-state index >= 15 is 0 Å². The van der Waals surface area contributed by atoms with E-state index in [9.17, 15) is 8.42 Å². The van der Waals surface area contributed by atoms with E-state index in [-0.39, 0.29) is 0 Å². The third-order valence-electron chi connectivity index (χ3n) is 4.06. The molecule has 0 saturated carbocycles. The van der Waals surface area contributed by atoms with Gasteiger partial charge in [-0.1, -0.05) is 13.0 Å². The number of sulfonamides is 1. The molecule has 6 heteroatoms. The van der Waals surface area contributed by atoms with Gasteiger partial charge >= 0.3 is 0 Å². The minimum Gasteiger partial charge on any atom is -0.348 e. The van der Waals surface area contributed by atoms with Crippen molar-refractivity contribution in [2.75, 3.05) is 0 Å². The van der Waals surface area contributed by atoms with Crippen LogP contribution in [0.1, 0.15) is 23.1 Å². The smallest absolute Gasteiger partial charge is 0.250 e. The van der Waals surface area contributed by atoms with Crippen molar-refractivity contribution in [3.63, 3.8) is 0 Å². The standard InChI is InChI=1S/C17H20N2O2S2/c1-4-15-6-8-17(22-15)23(20,21)18-11-13-5-7-16-14(10-13)9-12(2)19(16)3/h5-10,18H,4,11H2,1-3H3. The molecule has 0 spiro atoms. The zero-order valence-electron chi connectivity index (χ0n) is 13.5. The van der Waals surface area contributed by atoms with Crippen LogP contribution in [-0.4, -0.2) is 13.0 Å². The Morgan fingerprint density at radius 1 is 1.17 bits per heavy atom. The van der Waals surface area contributed by atoms with Crippen molar-refractivity contribution >= 4 is 32.3 Å². The number of aryl methyl sites for hydroxylation is 3. The van der Waals surface area contributed by atoms with Gasteiger partial charge in [0.1, 0.15) is 4.21 Å². The van der Waals surface area contributed by atoms with E-state index < -0.39 is 10.0 Å². The second-order valence-corrected chi connectivity index (χ2v) is 8.80. The van der Waals surface area contributed by atoms with Gasteiger partial charge in [-0.05, 0) is 49.2 Å². The third kappa shape index (κ3) is 3.20. The molecule has 0 saturated heterocycles. The first-order chi connectivity index (χ1) is 10.9. The molecule has 3 aromatic rings. The maximum absolute atomic E-state index is 12.4. The van der Waals surface area contributed by atoms with Gasteiger partial charge in [0.15, 0.2) is 0 Å². The van der Waals surface area contributed by atoms with Gasteiger partial charge < -0.3 is 4.57 Å². The van der Waals surface area contributed by atoms with Crippen molar-refractivity contribution in [2.24, 2.45) is 7.05 Å². The molecule has 3 rings (SSSR count). The first-order valence-corrected chi connectivity index (χ1v) is 9.84. The third-order valence-corrected chi connectivity index (χ3v) is 7.19. The second-order valence-electron chi connectivity index (χ2n) is 5.64. The average Bonchev–Trinajstić information content (AvgIpc) is 3.11. The van der Waals surface area contributed by atoms with Crippen molar-refractivity contribution in [3.05, 3.63) is 52.5 Å². The molecule has 0 aliphatic carbocycles. The minimum atomic E-state index is -3.44. The minimum absolute atomic E-state index is 0.297. The van der Waals surface area contributed by atoms with Crippen LogP contribution < -0.4 is 4.72 Å². The molecule has 0 aliphatic rings. The highest BCUT2D eigenvalue weighted by Crippen LogP contribution is 2.23. The lowest BCUT2D eigenvalue weighted by Gasteiger charge is -2.06. The van der Waals surface area contributed by atoms with E-state index in [1.165, 1.54) is 17.0 Å². The molecule has 0 radical (unpaired) electrons. The summed E-state index contributed by atoms with van der Waals surface area (Å²) in [7, 11) is -1.41. The molecule has 1 N–H and O–H groups in total. The Morgan fingerprint density at radius 3 is 2.65 bits per heavy atom. The molecule has 23 heavy (non-hydrogen) atoms. The predicted octanol–water partition coefficient (Wildman–Crippen LogP) is 3.59. The lowest BCUT2D eigenvalue weighted by molar-refractivity contribution is 0.583. The Labute approximate surface area is 140 Å². The van der Waals surface area contributed by atoms with Crippen molar-refractivity contribution in [1.29, 1.82) is 0 Å². The Hall–Kier alpha value is -1.63.